The summed E-state index contributed by atoms with van der Waals surface area (Å²) in [5.74, 6) is 1.36. The number of aromatic nitrogens is 1. The Morgan fingerprint density at radius 1 is 0.707 bits per heavy atom. The van der Waals surface area contributed by atoms with Crippen LogP contribution in [0.2, 0.25) is 0 Å². The van der Waals surface area contributed by atoms with E-state index in [1.807, 2.05) is 6.20 Å². The maximum atomic E-state index is 4.90. The van der Waals surface area contributed by atoms with Crippen molar-refractivity contribution in [2.24, 2.45) is 11.8 Å². The average molecular weight is 789 g/mol. The van der Waals surface area contributed by atoms with Crippen molar-refractivity contribution in [1.29, 1.82) is 0 Å². The molecule has 4 aromatic rings. The number of nitrogens with one attached hydrogen (secondary N) is 1. The lowest BCUT2D eigenvalue weighted by atomic mass is 9.62. The molecular formula is C55H69N2P. The number of fused-ring (bicyclic) bond motifs is 2. The minimum atomic E-state index is -1.00. The van der Waals surface area contributed by atoms with Crippen LogP contribution in [0.4, 0.5) is 0 Å². The van der Waals surface area contributed by atoms with Crippen LogP contribution in [-0.2, 0) is 33.6 Å². The number of allylic oxidation sites excluding steroid dienone is 5. The van der Waals surface area contributed by atoms with Gasteiger partial charge in [0.1, 0.15) is 0 Å². The second kappa shape index (κ2) is 14.5. The van der Waals surface area contributed by atoms with Gasteiger partial charge < -0.3 is 5.32 Å². The SMILES string of the molecule is Cc1cccnc1CNC1=C2C=CC=C3C[C@@H]4CCCC[C@@H]4[C@@]32c2cccc(P(c3cc(C(C)(C)C)cc(C(C)(C)C)c3)c3cc(C(C)(C)C)cc(C(C)(C)C)c3)c21. The summed E-state index contributed by atoms with van der Waals surface area (Å²) in [5.41, 5.74) is 15.5. The Bertz CT molecular complexity index is 2200. The van der Waals surface area contributed by atoms with Crippen molar-refractivity contribution in [3.05, 3.63) is 147 Å². The van der Waals surface area contributed by atoms with Crippen LogP contribution in [0.25, 0.3) is 5.70 Å². The summed E-state index contributed by atoms with van der Waals surface area (Å²) in [4.78, 5) is 4.90. The molecule has 3 heteroatoms. The van der Waals surface area contributed by atoms with Gasteiger partial charge in [0.05, 0.1) is 12.2 Å². The van der Waals surface area contributed by atoms with Gasteiger partial charge in [0.15, 0.2) is 0 Å². The third-order valence-electron chi connectivity index (χ3n) is 14.0. The Balaban J connectivity index is 1.47. The summed E-state index contributed by atoms with van der Waals surface area (Å²) in [6.07, 6.45) is 15.9. The molecule has 0 amide bonds. The normalized spacial score (nSPS) is 21.8. The van der Waals surface area contributed by atoms with Crippen LogP contribution in [-0.4, -0.2) is 4.98 Å². The second-order valence-electron chi connectivity index (χ2n) is 22.2. The van der Waals surface area contributed by atoms with Gasteiger partial charge in [0.2, 0.25) is 0 Å². The number of rotatable bonds is 6. The van der Waals surface area contributed by atoms with Crippen LogP contribution in [0, 0.1) is 18.8 Å². The standard InChI is InChI=1S/C55H69N2P/c1-35-19-18-26-56-47(35)34-57-50-46-24-16-21-37-27-36-20-14-15-22-44(36)55(37,46)45-23-17-25-48(49(45)50)58(42-30-38(51(2,3)4)28-39(31-42)52(5,6)7)43-32-40(53(8,9)10)29-41(33-43)54(11,12)13/h16-19,21,23-26,28-33,36,44,57H,14-15,20,22,27,34H2,1-13H3/t36-,44-,55+/m0/s1. The highest BCUT2D eigenvalue weighted by atomic mass is 31.1. The number of aryl methyl sites for hydroxylation is 1. The average Bonchev–Trinajstić information content (AvgIpc) is 3.65. The minimum Gasteiger partial charge on any atom is -0.379 e. The van der Waals surface area contributed by atoms with Crippen molar-refractivity contribution in [2.45, 2.75) is 156 Å². The molecule has 1 aromatic heterocycles. The molecule has 304 valence electrons. The summed E-state index contributed by atoms with van der Waals surface area (Å²) >= 11 is 0. The van der Waals surface area contributed by atoms with E-state index in [9.17, 15) is 0 Å². The quantitative estimate of drug-likeness (QED) is 0.197. The van der Waals surface area contributed by atoms with Gasteiger partial charge in [-0.05, 0) is 129 Å². The predicted octanol–water partition coefficient (Wildman–Crippen LogP) is 12.8. The summed E-state index contributed by atoms with van der Waals surface area (Å²) < 4.78 is 0. The molecule has 1 spiro atoms. The first-order valence-electron chi connectivity index (χ1n) is 22.2. The third-order valence-corrected chi connectivity index (χ3v) is 16.4. The smallest absolute Gasteiger partial charge is 0.0623 e. The van der Waals surface area contributed by atoms with Crippen molar-refractivity contribution in [2.75, 3.05) is 0 Å². The molecule has 4 aliphatic rings. The molecule has 1 N–H and O–H groups in total. The first kappa shape index (κ1) is 41.0. The topological polar surface area (TPSA) is 24.9 Å². The highest BCUT2D eigenvalue weighted by molar-refractivity contribution is 7.80. The number of hydrogen-bond donors (Lipinski definition) is 1. The lowest BCUT2D eigenvalue weighted by molar-refractivity contribution is 0.227. The summed E-state index contributed by atoms with van der Waals surface area (Å²) in [7, 11) is -1.00. The Kier molecular flexibility index (Phi) is 10.2. The molecule has 0 aliphatic heterocycles. The Hall–Kier alpha value is -3.74. The van der Waals surface area contributed by atoms with Gasteiger partial charge in [-0.25, -0.2) is 0 Å². The van der Waals surface area contributed by atoms with E-state index in [1.54, 1.807) is 11.1 Å². The predicted molar refractivity (Wildman–Crippen MR) is 252 cm³/mol. The van der Waals surface area contributed by atoms with E-state index < -0.39 is 7.92 Å². The van der Waals surface area contributed by atoms with Crippen molar-refractivity contribution >= 4 is 29.5 Å². The lowest BCUT2D eigenvalue weighted by Crippen LogP contribution is -2.37. The molecule has 1 heterocycles. The fraction of sp³-hybridized carbons (Fsp3) is 0.473. The Morgan fingerprint density at radius 2 is 1.28 bits per heavy atom. The van der Waals surface area contributed by atoms with Gasteiger partial charge in [-0.1, -0.05) is 180 Å². The minimum absolute atomic E-state index is 0.00690. The Labute approximate surface area is 352 Å². The molecule has 2 saturated carbocycles. The van der Waals surface area contributed by atoms with Crippen LogP contribution in [0.3, 0.4) is 0 Å². The summed E-state index contributed by atoms with van der Waals surface area (Å²) in [6, 6.07) is 27.1. The maximum Gasteiger partial charge on any atom is 0.0623 e. The van der Waals surface area contributed by atoms with Crippen molar-refractivity contribution in [1.82, 2.24) is 10.3 Å². The van der Waals surface area contributed by atoms with E-state index in [4.69, 9.17) is 4.98 Å². The molecule has 8 rings (SSSR count). The zero-order valence-corrected chi connectivity index (χ0v) is 38.8. The summed E-state index contributed by atoms with van der Waals surface area (Å²) in [6.45, 7) is 31.5. The van der Waals surface area contributed by atoms with Crippen molar-refractivity contribution in [3.8, 4) is 0 Å². The molecular weight excluding hydrogens is 720 g/mol. The van der Waals surface area contributed by atoms with Crippen LogP contribution >= 0.6 is 7.92 Å². The molecule has 2 nitrogen and oxygen atoms in total. The molecule has 0 radical (unpaired) electrons. The number of pyridine rings is 1. The molecule has 4 aliphatic carbocycles. The van der Waals surface area contributed by atoms with Crippen molar-refractivity contribution in [3.63, 3.8) is 0 Å². The van der Waals surface area contributed by atoms with E-state index in [-0.39, 0.29) is 27.1 Å². The van der Waals surface area contributed by atoms with Gasteiger partial charge in [-0.15, -0.1) is 0 Å². The van der Waals surface area contributed by atoms with Gasteiger partial charge in [-0.2, -0.15) is 0 Å². The molecule has 58 heavy (non-hydrogen) atoms. The van der Waals surface area contributed by atoms with E-state index in [0.29, 0.717) is 12.5 Å². The molecule has 3 aromatic carbocycles. The van der Waals surface area contributed by atoms with Crippen LogP contribution < -0.4 is 21.2 Å². The second-order valence-corrected chi connectivity index (χ2v) is 24.4. The molecule has 2 fully saturated rings. The Morgan fingerprint density at radius 3 is 1.83 bits per heavy atom. The highest BCUT2D eigenvalue weighted by Crippen LogP contribution is 2.66. The van der Waals surface area contributed by atoms with E-state index in [0.717, 1.165) is 11.6 Å². The zero-order valence-electron chi connectivity index (χ0n) is 38.0. The number of benzene rings is 3. The monoisotopic (exact) mass is 789 g/mol. The largest absolute Gasteiger partial charge is 0.379 e. The van der Waals surface area contributed by atoms with Crippen LogP contribution in [0.1, 0.15) is 160 Å². The fourth-order valence-electron chi connectivity index (χ4n) is 10.6. The molecule has 0 bridgehead atoms. The first-order chi connectivity index (χ1) is 27.2. The van der Waals surface area contributed by atoms with Gasteiger partial charge >= 0.3 is 0 Å². The third kappa shape index (κ3) is 7.08. The van der Waals surface area contributed by atoms with E-state index in [2.05, 4.69) is 180 Å². The maximum absolute atomic E-state index is 4.90. The van der Waals surface area contributed by atoms with Crippen LogP contribution in [0.15, 0.2) is 102 Å². The fourth-order valence-corrected chi connectivity index (χ4v) is 13.2. The number of nitrogens with zero attached hydrogens (tertiary/aromatic N) is 1. The van der Waals surface area contributed by atoms with Gasteiger partial charge in [-0.3, -0.25) is 4.98 Å². The van der Waals surface area contributed by atoms with Gasteiger partial charge in [0.25, 0.3) is 0 Å². The van der Waals surface area contributed by atoms with E-state index >= 15 is 0 Å². The first-order valence-corrected chi connectivity index (χ1v) is 23.6. The lowest BCUT2D eigenvalue weighted by Gasteiger charge is -2.41. The van der Waals surface area contributed by atoms with Crippen molar-refractivity contribution < 1.29 is 0 Å². The molecule has 0 unspecified atom stereocenters. The van der Waals surface area contributed by atoms with E-state index in [1.165, 1.54) is 92.7 Å². The summed E-state index contributed by atoms with van der Waals surface area (Å²) in [5, 5.41) is 8.58. The van der Waals surface area contributed by atoms with Gasteiger partial charge in [0, 0.05) is 22.9 Å². The molecule has 0 saturated heterocycles. The zero-order chi connectivity index (χ0) is 41.6. The number of hydrogen-bond acceptors (Lipinski definition) is 2. The van der Waals surface area contributed by atoms with Crippen LogP contribution in [0.5, 0.6) is 0 Å². The molecule has 3 atom stereocenters. The highest BCUT2D eigenvalue weighted by Gasteiger charge is 2.59.